The maximum atomic E-state index is 12.1. The standard InChI is InChI=1S/C18H24N4O3/c1-14-11-17(20-25-14)19-18(23)13-22-9-7-21(8-10-22)12-15-3-5-16(24-2)6-4-15/h3-6,11H,7-10,12-13H2,1-2H3,(H,19,20,23)/p+2. The van der Waals surface area contributed by atoms with Gasteiger partial charge in [-0.3, -0.25) is 4.79 Å². The van der Waals surface area contributed by atoms with E-state index in [4.69, 9.17) is 9.26 Å². The van der Waals surface area contributed by atoms with Crippen molar-refractivity contribution in [3.8, 4) is 5.75 Å². The van der Waals surface area contributed by atoms with Crippen LogP contribution in [0.3, 0.4) is 0 Å². The van der Waals surface area contributed by atoms with E-state index < -0.39 is 0 Å². The summed E-state index contributed by atoms with van der Waals surface area (Å²) >= 11 is 0. The number of quaternary nitrogens is 2. The van der Waals surface area contributed by atoms with Crippen LogP contribution in [0, 0.1) is 6.92 Å². The first kappa shape index (κ1) is 17.4. The average Bonchev–Trinajstić information content (AvgIpc) is 3.02. The Hall–Kier alpha value is -2.38. The summed E-state index contributed by atoms with van der Waals surface area (Å²) in [6.45, 7) is 7.42. The van der Waals surface area contributed by atoms with Gasteiger partial charge in [-0.15, -0.1) is 0 Å². The molecule has 1 aromatic heterocycles. The Labute approximate surface area is 147 Å². The number of ether oxygens (including phenoxy) is 1. The molecule has 1 saturated heterocycles. The number of hydrogen-bond acceptors (Lipinski definition) is 4. The second-order valence-corrected chi connectivity index (χ2v) is 6.57. The SMILES string of the molecule is COc1ccc(C[NH+]2CC[NH+](CC(=O)Nc3cc(C)on3)CC2)cc1. The minimum atomic E-state index is -0.0121. The Morgan fingerprint density at radius 3 is 2.48 bits per heavy atom. The predicted octanol–water partition coefficient (Wildman–Crippen LogP) is -1.09. The van der Waals surface area contributed by atoms with E-state index in [1.165, 1.54) is 10.5 Å². The second kappa shape index (κ2) is 8.13. The molecule has 0 saturated carbocycles. The molecule has 25 heavy (non-hydrogen) atoms. The first-order valence-electron chi connectivity index (χ1n) is 8.65. The summed E-state index contributed by atoms with van der Waals surface area (Å²) in [6.07, 6.45) is 0. The van der Waals surface area contributed by atoms with Gasteiger partial charge in [0.1, 0.15) is 44.2 Å². The Kier molecular flexibility index (Phi) is 5.67. The van der Waals surface area contributed by atoms with E-state index in [-0.39, 0.29) is 5.91 Å². The highest BCUT2D eigenvalue weighted by atomic mass is 16.5. The zero-order valence-electron chi connectivity index (χ0n) is 14.8. The highest BCUT2D eigenvalue weighted by Gasteiger charge is 2.25. The molecule has 0 radical (unpaired) electrons. The van der Waals surface area contributed by atoms with Gasteiger partial charge >= 0.3 is 0 Å². The van der Waals surface area contributed by atoms with E-state index in [0.717, 1.165) is 38.5 Å². The molecular weight excluding hydrogens is 320 g/mol. The zero-order chi connectivity index (χ0) is 17.6. The molecule has 2 aromatic rings. The maximum absolute atomic E-state index is 12.1. The van der Waals surface area contributed by atoms with Crippen LogP contribution in [0.15, 0.2) is 34.9 Å². The lowest BCUT2D eigenvalue weighted by Gasteiger charge is -2.29. The number of methoxy groups -OCH3 is 1. The minimum absolute atomic E-state index is 0.0121. The molecule has 0 aliphatic carbocycles. The van der Waals surface area contributed by atoms with Gasteiger partial charge in [0.2, 0.25) is 0 Å². The molecule has 3 N–H and O–H groups in total. The van der Waals surface area contributed by atoms with E-state index in [2.05, 4.69) is 22.6 Å². The van der Waals surface area contributed by atoms with E-state index in [0.29, 0.717) is 18.1 Å². The highest BCUT2D eigenvalue weighted by molar-refractivity contribution is 5.90. The largest absolute Gasteiger partial charge is 0.497 e. The molecule has 1 amide bonds. The molecule has 1 aliphatic heterocycles. The van der Waals surface area contributed by atoms with Crippen LogP contribution >= 0.6 is 0 Å². The summed E-state index contributed by atoms with van der Waals surface area (Å²) in [5.41, 5.74) is 1.32. The highest BCUT2D eigenvalue weighted by Crippen LogP contribution is 2.10. The van der Waals surface area contributed by atoms with Crippen LogP contribution in [0.25, 0.3) is 0 Å². The number of benzene rings is 1. The summed E-state index contributed by atoms with van der Waals surface area (Å²) < 4.78 is 10.2. The molecule has 2 heterocycles. The Balaban J connectivity index is 1.41. The lowest BCUT2D eigenvalue weighted by Crippen LogP contribution is -3.28. The van der Waals surface area contributed by atoms with E-state index >= 15 is 0 Å². The second-order valence-electron chi connectivity index (χ2n) is 6.57. The summed E-state index contributed by atoms with van der Waals surface area (Å²) in [5, 5.41) is 6.58. The van der Waals surface area contributed by atoms with Gasteiger partial charge < -0.3 is 24.4 Å². The van der Waals surface area contributed by atoms with Gasteiger partial charge in [-0.25, -0.2) is 0 Å². The van der Waals surface area contributed by atoms with Crippen molar-refractivity contribution in [2.45, 2.75) is 13.5 Å². The molecule has 7 nitrogen and oxygen atoms in total. The number of piperazine rings is 1. The first-order chi connectivity index (χ1) is 12.1. The fourth-order valence-corrected chi connectivity index (χ4v) is 3.18. The van der Waals surface area contributed by atoms with Crippen molar-refractivity contribution in [1.82, 2.24) is 5.16 Å². The smallest absolute Gasteiger partial charge is 0.280 e. The number of nitrogens with zero attached hydrogens (tertiary/aromatic N) is 1. The number of aryl methyl sites for hydroxylation is 1. The van der Waals surface area contributed by atoms with E-state index in [1.807, 2.05) is 12.1 Å². The minimum Gasteiger partial charge on any atom is -0.497 e. The van der Waals surface area contributed by atoms with Crippen molar-refractivity contribution in [3.63, 3.8) is 0 Å². The van der Waals surface area contributed by atoms with Crippen molar-refractivity contribution in [3.05, 3.63) is 41.7 Å². The van der Waals surface area contributed by atoms with Crippen LogP contribution in [0.5, 0.6) is 5.75 Å². The Morgan fingerprint density at radius 2 is 1.88 bits per heavy atom. The van der Waals surface area contributed by atoms with Gasteiger partial charge in [0.25, 0.3) is 5.91 Å². The van der Waals surface area contributed by atoms with Crippen molar-refractivity contribution in [1.29, 1.82) is 0 Å². The third-order valence-electron chi connectivity index (χ3n) is 4.58. The molecule has 134 valence electrons. The molecule has 0 unspecified atom stereocenters. The summed E-state index contributed by atoms with van der Waals surface area (Å²) in [7, 11) is 1.68. The molecule has 7 heteroatoms. The van der Waals surface area contributed by atoms with Crippen molar-refractivity contribution >= 4 is 11.7 Å². The van der Waals surface area contributed by atoms with E-state index in [9.17, 15) is 4.79 Å². The fraction of sp³-hybridized carbons (Fsp3) is 0.444. The summed E-state index contributed by atoms with van der Waals surface area (Å²) in [4.78, 5) is 15.0. The monoisotopic (exact) mass is 346 g/mol. The average molecular weight is 346 g/mol. The van der Waals surface area contributed by atoms with Crippen LogP contribution < -0.4 is 19.9 Å². The number of carbonyl (C=O) groups is 1. The summed E-state index contributed by atoms with van der Waals surface area (Å²) in [5.74, 6) is 2.06. The summed E-state index contributed by atoms with van der Waals surface area (Å²) in [6, 6.07) is 9.99. The number of rotatable bonds is 6. The number of hydrogen-bond donors (Lipinski definition) is 3. The number of anilines is 1. The van der Waals surface area contributed by atoms with Crippen LogP contribution in [0.2, 0.25) is 0 Å². The van der Waals surface area contributed by atoms with Gasteiger partial charge in [-0.1, -0.05) is 5.16 Å². The molecule has 0 bridgehead atoms. The molecular formula is C18H26N4O3+2. The lowest BCUT2D eigenvalue weighted by atomic mass is 10.2. The third kappa shape index (κ3) is 5.04. The Morgan fingerprint density at radius 1 is 1.20 bits per heavy atom. The van der Waals surface area contributed by atoms with Gasteiger partial charge in [0.05, 0.1) is 7.11 Å². The molecule has 1 aromatic carbocycles. The van der Waals surface area contributed by atoms with Crippen LogP contribution in [0.1, 0.15) is 11.3 Å². The van der Waals surface area contributed by atoms with Crippen LogP contribution in [-0.4, -0.2) is 50.9 Å². The maximum Gasteiger partial charge on any atom is 0.280 e. The van der Waals surface area contributed by atoms with Crippen molar-refractivity contribution in [2.24, 2.45) is 0 Å². The zero-order valence-corrected chi connectivity index (χ0v) is 14.8. The molecule has 3 rings (SSSR count). The normalized spacial score (nSPS) is 20.2. The van der Waals surface area contributed by atoms with Crippen LogP contribution in [0.4, 0.5) is 5.82 Å². The topological polar surface area (TPSA) is 73.2 Å². The lowest BCUT2D eigenvalue weighted by molar-refractivity contribution is -1.02. The van der Waals surface area contributed by atoms with Gasteiger partial charge in [-0.2, -0.15) is 0 Å². The van der Waals surface area contributed by atoms with Gasteiger partial charge in [-0.05, 0) is 31.2 Å². The van der Waals surface area contributed by atoms with Crippen molar-refractivity contribution in [2.75, 3.05) is 45.2 Å². The number of carbonyl (C=O) groups excluding carboxylic acids is 1. The predicted molar refractivity (Wildman–Crippen MR) is 92.8 cm³/mol. The molecule has 1 aliphatic rings. The third-order valence-corrected chi connectivity index (χ3v) is 4.58. The number of amides is 1. The first-order valence-corrected chi connectivity index (χ1v) is 8.65. The fourth-order valence-electron chi connectivity index (χ4n) is 3.18. The van der Waals surface area contributed by atoms with Crippen molar-refractivity contribution < 1.29 is 23.9 Å². The molecule has 0 atom stereocenters. The number of aromatic nitrogens is 1. The molecule has 1 fully saturated rings. The Bertz CT molecular complexity index is 691. The van der Waals surface area contributed by atoms with Gasteiger partial charge in [0.15, 0.2) is 12.4 Å². The molecule has 0 spiro atoms. The van der Waals surface area contributed by atoms with E-state index in [1.54, 1.807) is 25.0 Å². The van der Waals surface area contributed by atoms with Gasteiger partial charge in [0, 0.05) is 11.6 Å². The van der Waals surface area contributed by atoms with Crippen LogP contribution in [-0.2, 0) is 11.3 Å². The quantitative estimate of drug-likeness (QED) is 0.622. The number of nitrogens with one attached hydrogen (secondary N) is 3.